The fourth-order valence-corrected chi connectivity index (χ4v) is 3.10. The lowest BCUT2D eigenvalue weighted by Gasteiger charge is -2.45. The number of esters is 1. The number of hydrogen-bond donors (Lipinski definition) is 3. The molecule has 2 fully saturated rings. The molecule has 0 aliphatic heterocycles. The van der Waals surface area contributed by atoms with Crippen LogP contribution in [-0.2, 0) is 19.0 Å². The Morgan fingerprint density at radius 1 is 0.897 bits per heavy atom. The van der Waals surface area contributed by atoms with Crippen molar-refractivity contribution in [1.82, 2.24) is 10.6 Å². The zero-order valence-corrected chi connectivity index (χ0v) is 18.2. The highest BCUT2D eigenvalue weighted by atomic mass is 16.6. The standard InChI is InChI=1S/C20H34N2O7/c1-17(2,3)28-15(24)21-19(11-8-12-19)27-14(23)20(26,13-9-7-10-13)22-16(25)29-18(4,5)6/h13,26H,7-12H2,1-6H3,(H,21,24)(H,22,25). The Labute approximate surface area is 171 Å². The van der Waals surface area contributed by atoms with Gasteiger partial charge in [-0.15, -0.1) is 0 Å². The van der Waals surface area contributed by atoms with Crippen LogP contribution in [0.2, 0.25) is 0 Å². The molecule has 0 aromatic carbocycles. The average molecular weight is 414 g/mol. The van der Waals surface area contributed by atoms with Gasteiger partial charge in [0.1, 0.15) is 11.2 Å². The van der Waals surface area contributed by atoms with Crippen molar-refractivity contribution in [2.45, 2.75) is 103 Å². The topological polar surface area (TPSA) is 123 Å². The number of ether oxygens (including phenoxy) is 3. The first-order valence-electron chi connectivity index (χ1n) is 10.1. The molecule has 0 spiro atoms. The molecule has 0 heterocycles. The highest BCUT2D eigenvalue weighted by Gasteiger charge is 2.54. The van der Waals surface area contributed by atoms with Gasteiger partial charge in [0.25, 0.3) is 0 Å². The summed E-state index contributed by atoms with van der Waals surface area (Å²) < 4.78 is 16.0. The molecular formula is C20H34N2O7. The summed E-state index contributed by atoms with van der Waals surface area (Å²) in [6, 6.07) is 0. The summed E-state index contributed by atoms with van der Waals surface area (Å²) in [7, 11) is 0. The minimum atomic E-state index is -2.22. The van der Waals surface area contributed by atoms with Crippen LogP contribution in [0.4, 0.5) is 9.59 Å². The van der Waals surface area contributed by atoms with Crippen LogP contribution in [-0.4, -0.2) is 45.9 Å². The van der Waals surface area contributed by atoms with Gasteiger partial charge in [-0.3, -0.25) is 10.6 Å². The van der Waals surface area contributed by atoms with Gasteiger partial charge in [-0.2, -0.15) is 0 Å². The van der Waals surface area contributed by atoms with Gasteiger partial charge < -0.3 is 19.3 Å². The Balaban J connectivity index is 2.10. The molecule has 9 nitrogen and oxygen atoms in total. The first-order valence-corrected chi connectivity index (χ1v) is 10.1. The van der Waals surface area contributed by atoms with Gasteiger partial charge in [-0.25, -0.2) is 14.4 Å². The predicted molar refractivity (Wildman–Crippen MR) is 104 cm³/mol. The summed E-state index contributed by atoms with van der Waals surface area (Å²) in [6.07, 6.45) is 1.86. The van der Waals surface area contributed by atoms with Crippen molar-refractivity contribution in [2.24, 2.45) is 5.92 Å². The number of nitrogens with one attached hydrogen (secondary N) is 2. The SMILES string of the molecule is CC(C)(C)OC(=O)NC1(OC(=O)C(O)(NC(=O)OC(C)(C)C)C2CCC2)CCC1. The van der Waals surface area contributed by atoms with E-state index in [9.17, 15) is 19.5 Å². The second-order valence-electron chi connectivity index (χ2n) is 9.89. The van der Waals surface area contributed by atoms with E-state index in [2.05, 4.69) is 10.6 Å². The minimum Gasteiger partial charge on any atom is -0.444 e. The average Bonchev–Trinajstić information content (AvgIpc) is 2.37. The predicted octanol–water partition coefficient (Wildman–Crippen LogP) is 2.95. The highest BCUT2D eigenvalue weighted by Crippen LogP contribution is 2.39. The second kappa shape index (κ2) is 8.01. The summed E-state index contributed by atoms with van der Waals surface area (Å²) in [4.78, 5) is 37.3. The summed E-state index contributed by atoms with van der Waals surface area (Å²) >= 11 is 0. The number of hydrogen-bond acceptors (Lipinski definition) is 7. The maximum absolute atomic E-state index is 12.9. The van der Waals surface area contributed by atoms with Crippen molar-refractivity contribution in [1.29, 1.82) is 0 Å². The molecule has 0 bridgehead atoms. The normalized spacial score (nSPS) is 20.9. The number of carbonyl (C=O) groups is 3. The van der Waals surface area contributed by atoms with E-state index in [0.717, 1.165) is 12.8 Å². The Bertz CT molecular complexity index is 642. The van der Waals surface area contributed by atoms with Crippen LogP contribution in [0.5, 0.6) is 0 Å². The van der Waals surface area contributed by atoms with E-state index in [1.807, 2.05) is 0 Å². The zero-order valence-electron chi connectivity index (χ0n) is 18.2. The van der Waals surface area contributed by atoms with Crippen molar-refractivity contribution in [3.63, 3.8) is 0 Å². The molecule has 166 valence electrons. The second-order valence-corrected chi connectivity index (χ2v) is 9.89. The lowest BCUT2D eigenvalue weighted by Crippen LogP contribution is -2.66. The van der Waals surface area contributed by atoms with E-state index in [-0.39, 0.29) is 0 Å². The van der Waals surface area contributed by atoms with Crippen molar-refractivity contribution in [3.8, 4) is 0 Å². The summed E-state index contributed by atoms with van der Waals surface area (Å²) in [5.74, 6) is -1.50. The Morgan fingerprint density at radius 2 is 1.41 bits per heavy atom. The fourth-order valence-electron chi connectivity index (χ4n) is 3.10. The third-order valence-electron chi connectivity index (χ3n) is 4.88. The van der Waals surface area contributed by atoms with E-state index in [1.165, 1.54) is 0 Å². The van der Waals surface area contributed by atoms with E-state index < -0.39 is 46.7 Å². The van der Waals surface area contributed by atoms with Crippen LogP contribution in [0.1, 0.15) is 80.1 Å². The number of amides is 2. The van der Waals surface area contributed by atoms with Gasteiger partial charge in [-0.1, -0.05) is 6.42 Å². The van der Waals surface area contributed by atoms with Crippen LogP contribution in [0, 0.1) is 5.92 Å². The number of rotatable bonds is 5. The van der Waals surface area contributed by atoms with Crippen LogP contribution < -0.4 is 10.6 Å². The molecular weight excluding hydrogens is 380 g/mol. The van der Waals surface area contributed by atoms with Gasteiger partial charge in [-0.05, 0) is 60.8 Å². The monoisotopic (exact) mass is 414 g/mol. The fraction of sp³-hybridized carbons (Fsp3) is 0.850. The molecule has 29 heavy (non-hydrogen) atoms. The Morgan fingerprint density at radius 3 is 1.79 bits per heavy atom. The Kier molecular flexibility index (Phi) is 6.42. The molecule has 2 amide bonds. The molecule has 0 saturated heterocycles. The highest BCUT2D eigenvalue weighted by molar-refractivity contribution is 5.85. The summed E-state index contributed by atoms with van der Waals surface area (Å²) in [5, 5.41) is 15.9. The first-order chi connectivity index (χ1) is 13.1. The Hall–Kier alpha value is -2.03. The van der Waals surface area contributed by atoms with Crippen LogP contribution in [0.25, 0.3) is 0 Å². The molecule has 1 unspecified atom stereocenters. The van der Waals surface area contributed by atoms with E-state index >= 15 is 0 Å². The first kappa shape index (κ1) is 23.3. The van der Waals surface area contributed by atoms with Crippen molar-refractivity contribution < 1.29 is 33.7 Å². The van der Waals surface area contributed by atoms with E-state index in [4.69, 9.17) is 14.2 Å². The largest absolute Gasteiger partial charge is 0.444 e. The molecule has 2 aliphatic rings. The van der Waals surface area contributed by atoms with E-state index in [1.54, 1.807) is 41.5 Å². The maximum Gasteiger partial charge on any atom is 0.410 e. The van der Waals surface area contributed by atoms with Crippen molar-refractivity contribution in [2.75, 3.05) is 0 Å². The lowest BCUT2D eigenvalue weighted by atomic mass is 9.77. The van der Waals surface area contributed by atoms with Crippen LogP contribution >= 0.6 is 0 Å². The lowest BCUT2D eigenvalue weighted by molar-refractivity contribution is -0.208. The molecule has 2 aliphatic carbocycles. The summed E-state index contributed by atoms with van der Waals surface area (Å²) in [5.41, 5.74) is -4.97. The molecule has 2 rings (SSSR count). The third kappa shape index (κ3) is 6.22. The molecule has 1 atom stereocenters. The number of carbonyl (C=O) groups excluding carboxylic acids is 3. The van der Waals surface area contributed by atoms with Gasteiger partial charge >= 0.3 is 18.2 Å². The maximum atomic E-state index is 12.9. The number of aliphatic hydroxyl groups is 1. The molecule has 0 radical (unpaired) electrons. The smallest absolute Gasteiger partial charge is 0.410 e. The third-order valence-corrected chi connectivity index (χ3v) is 4.88. The molecule has 2 saturated carbocycles. The molecule has 9 heteroatoms. The minimum absolute atomic E-state index is 0.394. The molecule has 3 N–H and O–H groups in total. The molecule has 0 aromatic heterocycles. The van der Waals surface area contributed by atoms with Gasteiger partial charge in [0, 0.05) is 18.8 Å². The van der Waals surface area contributed by atoms with Gasteiger partial charge in [0.2, 0.25) is 5.72 Å². The van der Waals surface area contributed by atoms with Gasteiger partial charge in [0.05, 0.1) is 0 Å². The number of alkyl carbamates (subject to hydrolysis) is 2. The quantitative estimate of drug-likeness (QED) is 0.359. The zero-order chi connectivity index (χ0) is 22.1. The van der Waals surface area contributed by atoms with Crippen LogP contribution in [0.3, 0.4) is 0 Å². The summed E-state index contributed by atoms with van der Waals surface area (Å²) in [6.45, 7) is 10.2. The van der Waals surface area contributed by atoms with E-state index in [0.29, 0.717) is 25.7 Å². The van der Waals surface area contributed by atoms with Crippen molar-refractivity contribution in [3.05, 3.63) is 0 Å². The van der Waals surface area contributed by atoms with Crippen molar-refractivity contribution >= 4 is 18.2 Å². The van der Waals surface area contributed by atoms with Gasteiger partial charge in [0.15, 0.2) is 5.72 Å². The van der Waals surface area contributed by atoms with Crippen LogP contribution in [0.15, 0.2) is 0 Å². The molecule has 0 aromatic rings.